The Kier molecular flexibility index (Phi) is 4.52. The number of ether oxygens (including phenoxy) is 1. The van der Waals surface area contributed by atoms with Crippen LogP contribution in [0.1, 0.15) is 28.4 Å². The number of methoxy groups -OCH3 is 1. The zero-order valence-corrected chi connectivity index (χ0v) is 17.2. The molecule has 2 heterocycles. The molecule has 2 aromatic carbocycles. The summed E-state index contributed by atoms with van der Waals surface area (Å²) in [5.41, 5.74) is 2.25. The molecule has 1 aromatic heterocycles. The van der Waals surface area contributed by atoms with Crippen molar-refractivity contribution in [2.45, 2.75) is 19.3 Å². The predicted octanol–water partition coefficient (Wildman–Crippen LogP) is 5.48. The fourth-order valence-electron chi connectivity index (χ4n) is 3.47. The molecule has 28 heavy (non-hydrogen) atoms. The maximum Gasteiger partial charge on any atom is 0.243 e. The summed E-state index contributed by atoms with van der Waals surface area (Å²) in [7, 11) is 1.59. The van der Waals surface area contributed by atoms with Crippen LogP contribution in [0.2, 0.25) is 4.34 Å². The Morgan fingerprint density at radius 1 is 1.07 bits per heavy atom. The summed E-state index contributed by atoms with van der Waals surface area (Å²) < 4.78 is 5.77. The van der Waals surface area contributed by atoms with E-state index in [0.29, 0.717) is 31.8 Å². The van der Waals surface area contributed by atoms with Gasteiger partial charge in [0.15, 0.2) is 5.78 Å². The van der Waals surface area contributed by atoms with Gasteiger partial charge in [-0.05, 0) is 37.1 Å². The van der Waals surface area contributed by atoms with Gasteiger partial charge >= 0.3 is 0 Å². The molecule has 0 spiro atoms. The Bertz CT molecular complexity index is 1100. The Balaban J connectivity index is 1.91. The molecule has 3 aromatic rings. The van der Waals surface area contributed by atoms with Crippen LogP contribution < -0.4 is 10.1 Å². The van der Waals surface area contributed by atoms with Crippen LogP contribution in [0, 0.1) is 6.92 Å². The number of rotatable bonds is 3. The van der Waals surface area contributed by atoms with Gasteiger partial charge in [-0.3, -0.25) is 9.59 Å². The molecule has 1 aliphatic rings. The number of fused-ring (bicyclic) bond motifs is 1. The van der Waals surface area contributed by atoms with Crippen molar-refractivity contribution in [3.8, 4) is 16.9 Å². The second kappa shape index (κ2) is 6.76. The van der Waals surface area contributed by atoms with Crippen molar-refractivity contribution in [3.05, 3.63) is 69.6 Å². The van der Waals surface area contributed by atoms with Gasteiger partial charge in [-0.25, -0.2) is 0 Å². The lowest BCUT2D eigenvalue weighted by atomic mass is 9.72. The van der Waals surface area contributed by atoms with E-state index in [2.05, 4.69) is 5.32 Å². The maximum absolute atomic E-state index is 13.7. The lowest BCUT2D eigenvalue weighted by Gasteiger charge is -2.32. The van der Waals surface area contributed by atoms with Crippen LogP contribution in [0.4, 0.5) is 5.00 Å². The molecular weight excluding hydrogens is 394 g/mol. The number of hydrogen-bond acceptors (Lipinski definition) is 4. The minimum atomic E-state index is -1.32. The van der Waals surface area contributed by atoms with E-state index < -0.39 is 5.41 Å². The highest BCUT2D eigenvalue weighted by molar-refractivity contribution is 7.21. The number of anilines is 1. The van der Waals surface area contributed by atoms with Crippen molar-refractivity contribution in [2.75, 3.05) is 12.4 Å². The Labute approximate surface area is 172 Å². The third kappa shape index (κ3) is 2.74. The molecule has 0 radical (unpaired) electrons. The van der Waals surface area contributed by atoms with Gasteiger partial charge in [0.1, 0.15) is 20.5 Å². The van der Waals surface area contributed by atoms with Gasteiger partial charge in [0.25, 0.3) is 0 Å². The predicted molar refractivity (Wildman–Crippen MR) is 113 cm³/mol. The highest BCUT2D eigenvalue weighted by Gasteiger charge is 2.49. The summed E-state index contributed by atoms with van der Waals surface area (Å²) in [5, 5.41) is 3.38. The third-order valence-corrected chi connectivity index (χ3v) is 6.53. The number of thiophene rings is 1. The third-order valence-electron chi connectivity index (χ3n) is 5.21. The van der Waals surface area contributed by atoms with Gasteiger partial charge in [-0.15, -0.1) is 11.3 Å². The van der Waals surface area contributed by atoms with Gasteiger partial charge in [-0.2, -0.15) is 0 Å². The summed E-state index contributed by atoms with van der Waals surface area (Å²) >= 11 is 7.72. The second-order valence-electron chi connectivity index (χ2n) is 6.96. The minimum absolute atomic E-state index is 0.254. The summed E-state index contributed by atoms with van der Waals surface area (Å²) in [6.07, 6.45) is 0. The monoisotopic (exact) mass is 411 g/mol. The average Bonchev–Trinajstić information content (AvgIpc) is 3.02. The molecular formula is C22H18ClNO3S. The van der Waals surface area contributed by atoms with Crippen LogP contribution in [-0.4, -0.2) is 18.8 Å². The first-order valence-electron chi connectivity index (χ1n) is 8.76. The molecule has 142 valence electrons. The topological polar surface area (TPSA) is 55.4 Å². The fraction of sp³-hybridized carbons (Fsp3) is 0.182. The molecule has 4 rings (SSSR count). The van der Waals surface area contributed by atoms with Gasteiger partial charge in [0.2, 0.25) is 5.91 Å². The normalized spacial score (nSPS) is 18.6. The molecule has 1 atom stereocenters. The minimum Gasteiger partial charge on any atom is -0.497 e. The van der Waals surface area contributed by atoms with Crippen LogP contribution >= 0.6 is 22.9 Å². The molecule has 0 fully saturated rings. The van der Waals surface area contributed by atoms with Crippen molar-refractivity contribution in [1.29, 1.82) is 0 Å². The van der Waals surface area contributed by atoms with Crippen molar-refractivity contribution >= 4 is 39.6 Å². The van der Waals surface area contributed by atoms with E-state index >= 15 is 0 Å². The largest absolute Gasteiger partial charge is 0.497 e. The van der Waals surface area contributed by atoms with E-state index in [-0.39, 0.29) is 11.7 Å². The smallest absolute Gasteiger partial charge is 0.243 e. The van der Waals surface area contributed by atoms with Crippen LogP contribution in [-0.2, 0) is 10.2 Å². The van der Waals surface area contributed by atoms with Crippen molar-refractivity contribution in [2.24, 2.45) is 0 Å². The van der Waals surface area contributed by atoms with Crippen molar-refractivity contribution in [3.63, 3.8) is 0 Å². The quantitative estimate of drug-likeness (QED) is 0.581. The standard InChI is InChI=1S/C22H18ClNO3S/c1-12-7-9-14(10-8-12)22(2)18(25)17-16(13-5-4-6-15(11-13)27-3)19(23)28-20(17)24-21(22)26/h4-11H,1-3H3,(H,24,26). The number of carbonyl (C=O) groups excluding carboxylic acids is 2. The SMILES string of the molecule is COc1cccc(-c2c(Cl)sc3c2C(=O)C(C)(c2ccc(C)cc2)C(=O)N3)c1. The van der Waals surface area contributed by atoms with E-state index in [1.54, 1.807) is 14.0 Å². The first kappa shape index (κ1) is 18.7. The highest BCUT2D eigenvalue weighted by Crippen LogP contribution is 2.49. The highest BCUT2D eigenvalue weighted by atomic mass is 35.5. The molecule has 0 aliphatic carbocycles. The Morgan fingerprint density at radius 3 is 2.46 bits per heavy atom. The fourth-order valence-corrected chi connectivity index (χ4v) is 4.85. The van der Waals surface area contributed by atoms with Gasteiger partial charge < -0.3 is 10.1 Å². The summed E-state index contributed by atoms with van der Waals surface area (Å²) in [4.78, 5) is 26.6. The first-order valence-corrected chi connectivity index (χ1v) is 9.96. The molecule has 1 N–H and O–H groups in total. The van der Waals surface area contributed by atoms with Crippen LogP contribution in [0.5, 0.6) is 5.75 Å². The zero-order valence-electron chi connectivity index (χ0n) is 15.6. The zero-order chi connectivity index (χ0) is 20.1. The number of halogens is 1. The molecule has 1 amide bonds. The lowest BCUT2D eigenvalue weighted by Crippen LogP contribution is -2.48. The molecule has 1 aliphatic heterocycles. The van der Waals surface area contributed by atoms with Gasteiger partial charge in [0.05, 0.1) is 12.7 Å². The maximum atomic E-state index is 13.7. The van der Waals surface area contributed by atoms with E-state index in [1.807, 2.05) is 55.5 Å². The van der Waals surface area contributed by atoms with E-state index in [0.717, 1.165) is 11.1 Å². The van der Waals surface area contributed by atoms with E-state index in [9.17, 15) is 9.59 Å². The van der Waals surface area contributed by atoms with Crippen LogP contribution in [0.15, 0.2) is 48.5 Å². The van der Waals surface area contributed by atoms with E-state index in [1.165, 1.54) is 11.3 Å². The first-order chi connectivity index (χ1) is 13.4. The Hall–Kier alpha value is -2.63. The number of nitrogens with one attached hydrogen (secondary N) is 1. The number of carbonyl (C=O) groups is 2. The molecule has 0 saturated heterocycles. The average molecular weight is 412 g/mol. The molecule has 1 unspecified atom stereocenters. The van der Waals surface area contributed by atoms with Crippen molar-refractivity contribution in [1.82, 2.24) is 0 Å². The van der Waals surface area contributed by atoms with Crippen molar-refractivity contribution < 1.29 is 14.3 Å². The number of ketones is 1. The number of hydrogen-bond donors (Lipinski definition) is 1. The molecule has 0 saturated carbocycles. The number of aryl methyl sites for hydroxylation is 1. The lowest BCUT2D eigenvalue weighted by molar-refractivity contribution is -0.119. The second-order valence-corrected chi connectivity index (χ2v) is 8.58. The number of benzene rings is 2. The van der Waals surface area contributed by atoms with Gasteiger partial charge in [-0.1, -0.05) is 53.6 Å². The van der Waals surface area contributed by atoms with Crippen LogP contribution in [0.3, 0.4) is 0 Å². The molecule has 6 heteroatoms. The summed E-state index contributed by atoms with van der Waals surface area (Å²) in [5.74, 6) is 0.0714. The Morgan fingerprint density at radius 2 is 1.79 bits per heavy atom. The number of amides is 1. The number of Topliss-reactive ketones (excluding diaryl/α,β-unsaturated/α-hetero) is 1. The molecule has 0 bridgehead atoms. The molecule has 4 nitrogen and oxygen atoms in total. The van der Waals surface area contributed by atoms with Crippen LogP contribution in [0.25, 0.3) is 11.1 Å². The van der Waals surface area contributed by atoms with E-state index in [4.69, 9.17) is 16.3 Å². The summed E-state index contributed by atoms with van der Waals surface area (Å²) in [6, 6.07) is 14.9. The van der Waals surface area contributed by atoms with Gasteiger partial charge in [0, 0.05) is 5.56 Å². The summed E-state index contributed by atoms with van der Waals surface area (Å²) in [6.45, 7) is 3.63.